The molecule has 0 saturated carbocycles. The summed E-state index contributed by atoms with van der Waals surface area (Å²) in [7, 11) is 1.59. The van der Waals surface area contributed by atoms with E-state index >= 15 is 0 Å². The first-order valence-corrected chi connectivity index (χ1v) is 9.49. The minimum absolute atomic E-state index is 0.0711. The van der Waals surface area contributed by atoms with E-state index in [4.69, 9.17) is 0 Å². The Labute approximate surface area is 166 Å². The van der Waals surface area contributed by atoms with Gasteiger partial charge >= 0.3 is 0 Å². The first-order chi connectivity index (χ1) is 13.5. The average Bonchev–Trinajstić information content (AvgIpc) is 3.24. The molecule has 3 aromatic rings. The third-order valence-electron chi connectivity index (χ3n) is 3.98. The highest BCUT2D eigenvalue weighted by molar-refractivity contribution is 7.12. The van der Waals surface area contributed by atoms with E-state index in [0.29, 0.717) is 21.8 Å². The summed E-state index contributed by atoms with van der Waals surface area (Å²) in [6, 6.07) is 17.4. The van der Waals surface area contributed by atoms with Crippen LogP contribution in [0.1, 0.15) is 25.6 Å². The van der Waals surface area contributed by atoms with Crippen LogP contribution in [0.15, 0.2) is 66.0 Å². The standard InChI is InChI=1S/C21H19N3O3S/c1-22-19(25)12-14-7-9-16(10-8-14)23-20(26)15-4-2-5-17(13-15)24-21(27)18-6-3-11-28-18/h2-11,13H,12H2,1H3,(H,22,25)(H,23,26)(H,24,27). The van der Waals surface area contributed by atoms with Gasteiger partial charge in [-0.2, -0.15) is 0 Å². The monoisotopic (exact) mass is 393 g/mol. The van der Waals surface area contributed by atoms with E-state index < -0.39 is 0 Å². The predicted molar refractivity (Wildman–Crippen MR) is 111 cm³/mol. The van der Waals surface area contributed by atoms with Gasteiger partial charge in [0.1, 0.15) is 0 Å². The Bertz CT molecular complexity index is 982. The minimum atomic E-state index is -0.286. The number of carbonyl (C=O) groups excluding carboxylic acids is 3. The van der Waals surface area contributed by atoms with Gasteiger partial charge in [-0.3, -0.25) is 14.4 Å². The van der Waals surface area contributed by atoms with E-state index in [2.05, 4.69) is 16.0 Å². The van der Waals surface area contributed by atoms with Crippen molar-refractivity contribution in [1.82, 2.24) is 5.32 Å². The Kier molecular flexibility index (Phi) is 6.18. The summed E-state index contributed by atoms with van der Waals surface area (Å²) in [6.45, 7) is 0. The normalized spacial score (nSPS) is 10.2. The number of anilines is 2. The molecule has 28 heavy (non-hydrogen) atoms. The lowest BCUT2D eigenvalue weighted by Crippen LogP contribution is -2.19. The summed E-state index contributed by atoms with van der Waals surface area (Å²) in [5, 5.41) is 10.0. The van der Waals surface area contributed by atoms with Gasteiger partial charge in [-0.05, 0) is 47.3 Å². The number of thiophene rings is 1. The number of hydrogen-bond acceptors (Lipinski definition) is 4. The molecule has 0 aliphatic carbocycles. The SMILES string of the molecule is CNC(=O)Cc1ccc(NC(=O)c2cccc(NC(=O)c3cccs3)c2)cc1. The molecule has 7 heteroatoms. The Morgan fingerprint density at radius 1 is 0.857 bits per heavy atom. The molecule has 1 aromatic heterocycles. The second-order valence-electron chi connectivity index (χ2n) is 6.01. The van der Waals surface area contributed by atoms with Crippen molar-refractivity contribution >= 4 is 40.4 Å². The van der Waals surface area contributed by atoms with Crippen molar-refractivity contribution in [3.63, 3.8) is 0 Å². The molecule has 2 aromatic carbocycles. The maximum Gasteiger partial charge on any atom is 0.265 e. The van der Waals surface area contributed by atoms with Gasteiger partial charge in [-0.25, -0.2) is 0 Å². The fourth-order valence-electron chi connectivity index (χ4n) is 2.52. The lowest BCUT2D eigenvalue weighted by atomic mass is 10.1. The molecule has 0 fully saturated rings. The molecule has 0 radical (unpaired) electrons. The van der Waals surface area contributed by atoms with Gasteiger partial charge in [0.15, 0.2) is 0 Å². The number of rotatable bonds is 6. The van der Waals surface area contributed by atoms with Crippen molar-refractivity contribution in [2.24, 2.45) is 0 Å². The molecule has 0 atom stereocenters. The lowest BCUT2D eigenvalue weighted by molar-refractivity contribution is -0.119. The molecule has 1 heterocycles. The van der Waals surface area contributed by atoms with Crippen LogP contribution in [0.4, 0.5) is 11.4 Å². The quantitative estimate of drug-likeness (QED) is 0.599. The zero-order chi connectivity index (χ0) is 19.9. The largest absolute Gasteiger partial charge is 0.359 e. The first-order valence-electron chi connectivity index (χ1n) is 8.61. The molecule has 0 spiro atoms. The van der Waals surface area contributed by atoms with Crippen molar-refractivity contribution in [2.75, 3.05) is 17.7 Å². The molecular formula is C21H19N3O3S. The lowest BCUT2D eigenvalue weighted by Gasteiger charge is -2.09. The van der Waals surface area contributed by atoms with Gasteiger partial charge < -0.3 is 16.0 Å². The van der Waals surface area contributed by atoms with Crippen LogP contribution < -0.4 is 16.0 Å². The Hall–Kier alpha value is -3.45. The molecule has 0 bridgehead atoms. The predicted octanol–water partition coefficient (Wildman–Crippen LogP) is 3.54. The fraction of sp³-hybridized carbons (Fsp3) is 0.0952. The number of likely N-dealkylation sites (N-methyl/N-ethyl adjacent to an activating group) is 1. The van der Waals surface area contributed by atoms with E-state index in [1.165, 1.54) is 11.3 Å². The van der Waals surface area contributed by atoms with Crippen molar-refractivity contribution < 1.29 is 14.4 Å². The molecule has 3 rings (SSSR count). The highest BCUT2D eigenvalue weighted by Gasteiger charge is 2.10. The molecule has 0 saturated heterocycles. The molecule has 0 unspecified atom stereocenters. The average molecular weight is 393 g/mol. The van der Waals surface area contributed by atoms with Gasteiger partial charge in [-0.1, -0.05) is 24.3 Å². The van der Waals surface area contributed by atoms with Crippen LogP contribution in [0.2, 0.25) is 0 Å². The topological polar surface area (TPSA) is 87.3 Å². The first kappa shape index (κ1) is 19.3. The maximum absolute atomic E-state index is 12.5. The summed E-state index contributed by atoms with van der Waals surface area (Å²) < 4.78 is 0. The number of hydrogen-bond donors (Lipinski definition) is 3. The van der Waals surface area contributed by atoms with Gasteiger partial charge in [0, 0.05) is 24.0 Å². The van der Waals surface area contributed by atoms with E-state index in [1.54, 1.807) is 61.6 Å². The van der Waals surface area contributed by atoms with Gasteiger partial charge in [0.25, 0.3) is 11.8 Å². The van der Waals surface area contributed by atoms with Crippen molar-refractivity contribution in [3.05, 3.63) is 82.0 Å². The van der Waals surface area contributed by atoms with Crippen LogP contribution in [-0.2, 0) is 11.2 Å². The van der Waals surface area contributed by atoms with Gasteiger partial charge in [-0.15, -0.1) is 11.3 Å². The van der Waals surface area contributed by atoms with E-state index in [-0.39, 0.29) is 24.1 Å². The highest BCUT2D eigenvalue weighted by Crippen LogP contribution is 2.17. The van der Waals surface area contributed by atoms with Gasteiger partial charge in [0.2, 0.25) is 5.91 Å². The minimum Gasteiger partial charge on any atom is -0.359 e. The molecule has 0 aliphatic rings. The Balaban J connectivity index is 1.64. The van der Waals surface area contributed by atoms with Gasteiger partial charge in [0.05, 0.1) is 11.3 Å². The zero-order valence-electron chi connectivity index (χ0n) is 15.2. The van der Waals surface area contributed by atoms with Crippen molar-refractivity contribution in [2.45, 2.75) is 6.42 Å². The molecular weight excluding hydrogens is 374 g/mol. The molecule has 142 valence electrons. The Morgan fingerprint density at radius 2 is 1.61 bits per heavy atom. The third-order valence-corrected chi connectivity index (χ3v) is 4.85. The van der Waals surface area contributed by atoms with Crippen LogP contribution in [0.3, 0.4) is 0 Å². The van der Waals surface area contributed by atoms with Crippen LogP contribution in [-0.4, -0.2) is 24.8 Å². The summed E-state index contributed by atoms with van der Waals surface area (Å²) >= 11 is 1.35. The number of benzene rings is 2. The van der Waals surface area contributed by atoms with Crippen molar-refractivity contribution in [3.8, 4) is 0 Å². The number of nitrogens with one attached hydrogen (secondary N) is 3. The summed E-state index contributed by atoms with van der Waals surface area (Å²) in [5.41, 5.74) is 2.46. The smallest absolute Gasteiger partial charge is 0.265 e. The fourth-order valence-corrected chi connectivity index (χ4v) is 3.14. The molecule has 3 amide bonds. The van der Waals surface area contributed by atoms with E-state index in [0.717, 1.165) is 5.56 Å². The summed E-state index contributed by atoms with van der Waals surface area (Å²) in [4.78, 5) is 36.7. The van der Waals surface area contributed by atoms with Crippen LogP contribution >= 0.6 is 11.3 Å². The maximum atomic E-state index is 12.5. The molecule has 3 N–H and O–H groups in total. The summed E-state index contributed by atoms with van der Waals surface area (Å²) in [5.74, 6) is -0.566. The summed E-state index contributed by atoms with van der Waals surface area (Å²) in [6.07, 6.45) is 0.288. The number of carbonyl (C=O) groups is 3. The van der Waals surface area contributed by atoms with Crippen LogP contribution in [0, 0.1) is 0 Å². The van der Waals surface area contributed by atoms with E-state index in [9.17, 15) is 14.4 Å². The van der Waals surface area contributed by atoms with E-state index in [1.807, 2.05) is 11.4 Å². The third kappa shape index (κ3) is 5.05. The molecule has 6 nitrogen and oxygen atoms in total. The molecule has 0 aliphatic heterocycles. The van der Waals surface area contributed by atoms with Crippen LogP contribution in [0.25, 0.3) is 0 Å². The second-order valence-corrected chi connectivity index (χ2v) is 6.96. The van der Waals surface area contributed by atoms with Crippen molar-refractivity contribution in [1.29, 1.82) is 0 Å². The highest BCUT2D eigenvalue weighted by atomic mass is 32.1. The number of amides is 3. The Morgan fingerprint density at radius 3 is 2.29 bits per heavy atom. The second kappa shape index (κ2) is 8.96. The zero-order valence-corrected chi connectivity index (χ0v) is 16.0. The van der Waals surface area contributed by atoms with Crippen LogP contribution in [0.5, 0.6) is 0 Å².